The van der Waals surface area contributed by atoms with Crippen molar-refractivity contribution in [2.24, 2.45) is 0 Å². The molecule has 0 atom stereocenters. The van der Waals surface area contributed by atoms with E-state index in [0.29, 0.717) is 13.0 Å². The third-order valence-corrected chi connectivity index (χ3v) is 1.82. The number of rotatable bonds is 8. The van der Waals surface area contributed by atoms with Crippen LogP contribution in [0.5, 0.6) is 0 Å². The van der Waals surface area contributed by atoms with E-state index in [1.807, 2.05) is 0 Å². The van der Waals surface area contributed by atoms with Crippen molar-refractivity contribution in [3.05, 3.63) is 0 Å². The summed E-state index contributed by atoms with van der Waals surface area (Å²) in [6.07, 6.45) is 1.91. The molecule has 0 amide bonds. The minimum absolute atomic E-state index is 0.146. The standard InChI is InChI=1S/C9H19NO3/c1-2-5-10(7-8-11)6-3-4-9(12)13/h11H,2-8H2,1H3,(H,12,13). The van der Waals surface area contributed by atoms with Gasteiger partial charge in [-0.1, -0.05) is 6.92 Å². The molecule has 0 spiro atoms. The van der Waals surface area contributed by atoms with Gasteiger partial charge >= 0.3 is 5.97 Å². The Kier molecular flexibility index (Phi) is 7.63. The highest BCUT2D eigenvalue weighted by Crippen LogP contribution is 1.96. The SMILES string of the molecule is CCCN(CCO)CCCC(=O)O. The summed E-state index contributed by atoms with van der Waals surface area (Å²) in [5, 5.41) is 17.1. The molecule has 0 aliphatic rings. The van der Waals surface area contributed by atoms with Crippen LogP contribution in [-0.4, -0.2) is 47.3 Å². The van der Waals surface area contributed by atoms with Gasteiger partial charge in [0, 0.05) is 13.0 Å². The summed E-state index contributed by atoms with van der Waals surface area (Å²) in [5.74, 6) is -0.750. The molecule has 4 heteroatoms. The van der Waals surface area contributed by atoms with Crippen LogP contribution in [-0.2, 0) is 4.79 Å². The number of nitrogens with zero attached hydrogens (tertiary/aromatic N) is 1. The van der Waals surface area contributed by atoms with Gasteiger partial charge in [0.2, 0.25) is 0 Å². The van der Waals surface area contributed by atoms with Crippen LogP contribution >= 0.6 is 0 Å². The number of aliphatic carboxylic acids is 1. The van der Waals surface area contributed by atoms with E-state index >= 15 is 0 Å². The van der Waals surface area contributed by atoms with Crippen molar-refractivity contribution in [3.63, 3.8) is 0 Å². The van der Waals surface area contributed by atoms with Gasteiger partial charge in [0.25, 0.3) is 0 Å². The summed E-state index contributed by atoms with van der Waals surface area (Å²) in [6, 6.07) is 0. The monoisotopic (exact) mass is 189 g/mol. The molecule has 0 unspecified atom stereocenters. The molecule has 0 saturated carbocycles. The van der Waals surface area contributed by atoms with Crippen molar-refractivity contribution >= 4 is 5.97 Å². The maximum Gasteiger partial charge on any atom is 0.303 e. The third-order valence-electron chi connectivity index (χ3n) is 1.82. The third kappa shape index (κ3) is 7.74. The van der Waals surface area contributed by atoms with E-state index in [1.54, 1.807) is 0 Å². The van der Waals surface area contributed by atoms with Crippen molar-refractivity contribution in [2.45, 2.75) is 26.2 Å². The second kappa shape index (κ2) is 8.01. The Balaban J connectivity index is 3.49. The van der Waals surface area contributed by atoms with E-state index in [9.17, 15) is 4.79 Å². The van der Waals surface area contributed by atoms with Crippen LogP contribution in [0.1, 0.15) is 26.2 Å². The molecule has 13 heavy (non-hydrogen) atoms. The Bertz CT molecular complexity index is 133. The molecule has 0 aliphatic heterocycles. The van der Waals surface area contributed by atoms with E-state index in [4.69, 9.17) is 10.2 Å². The molecule has 4 nitrogen and oxygen atoms in total. The normalized spacial score (nSPS) is 10.7. The zero-order valence-electron chi connectivity index (χ0n) is 8.20. The minimum Gasteiger partial charge on any atom is -0.481 e. The highest BCUT2D eigenvalue weighted by Gasteiger charge is 2.03. The van der Waals surface area contributed by atoms with Crippen LogP contribution in [0.15, 0.2) is 0 Å². The first kappa shape index (κ1) is 12.4. The molecular formula is C9H19NO3. The highest BCUT2D eigenvalue weighted by atomic mass is 16.4. The van der Waals surface area contributed by atoms with Gasteiger partial charge in [-0.05, 0) is 25.9 Å². The Hall–Kier alpha value is -0.610. The fraction of sp³-hybridized carbons (Fsp3) is 0.889. The lowest BCUT2D eigenvalue weighted by Gasteiger charge is -2.19. The molecule has 78 valence electrons. The van der Waals surface area contributed by atoms with Gasteiger partial charge in [-0.2, -0.15) is 0 Å². The Morgan fingerprint density at radius 2 is 2.00 bits per heavy atom. The fourth-order valence-corrected chi connectivity index (χ4v) is 1.25. The molecule has 0 radical (unpaired) electrons. The predicted molar refractivity (Wildman–Crippen MR) is 50.7 cm³/mol. The number of hydrogen-bond donors (Lipinski definition) is 2. The fourth-order valence-electron chi connectivity index (χ4n) is 1.25. The van der Waals surface area contributed by atoms with Gasteiger partial charge in [-0.25, -0.2) is 0 Å². The number of carbonyl (C=O) groups is 1. The lowest BCUT2D eigenvalue weighted by Crippen LogP contribution is -2.29. The summed E-state index contributed by atoms with van der Waals surface area (Å²) in [7, 11) is 0. The second-order valence-electron chi connectivity index (χ2n) is 3.06. The first-order valence-electron chi connectivity index (χ1n) is 4.75. The number of carboxylic acids is 1. The van der Waals surface area contributed by atoms with Gasteiger partial charge < -0.3 is 15.1 Å². The first-order chi connectivity index (χ1) is 6.20. The van der Waals surface area contributed by atoms with Gasteiger partial charge in [0.15, 0.2) is 0 Å². The van der Waals surface area contributed by atoms with Crippen molar-refractivity contribution in [3.8, 4) is 0 Å². The summed E-state index contributed by atoms with van der Waals surface area (Å²) in [6.45, 7) is 4.56. The molecule has 0 heterocycles. The molecular weight excluding hydrogens is 170 g/mol. The number of carboxylic acid groups (broad SMARTS) is 1. The molecule has 0 saturated heterocycles. The number of hydrogen-bond acceptors (Lipinski definition) is 3. The average molecular weight is 189 g/mol. The van der Waals surface area contributed by atoms with Gasteiger partial charge in [-0.3, -0.25) is 4.79 Å². The van der Waals surface area contributed by atoms with Crippen LogP contribution in [0.3, 0.4) is 0 Å². The molecule has 0 aromatic rings. The molecule has 0 aliphatic carbocycles. The zero-order chi connectivity index (χ0) is 10.1. The molecule has 0 aromatic heterocycles. The minimum atomic E-state index is -0.750. The van der Waals surface area contributed by atoms with E-state index in [0.717, 1.165) is 19.5 Å². The molecule has 0 rings (SSSR count). The van der Waals surface area contributed by atoms with E-state index < -0.39 is 5.97 Å². The van der Waals surface area contributed by atoms with Crippen molar-refractivity contribution < 1.29 is 15.0 Å². The summed E-state index contributed by atoms with van der Waals surface area (Å²) in [5.41, 5.74) is 0. The summed E-state index contributed by atoms with van der Waals surface area (Å²) < 4.78 is 0. The lowest BCUT2D eigenvalue weighted by atomic mass is 10.3. The molecule has 2 N–H and O–H groups in total. The van der Waals surface area contributed by atoms with Gasteiger partial charge in [0.05, 0.1) is 6.61 Å². The molecule has 0 bridgehead atoms. The first-order valence-corrected chi connectivity index (χ1v) is 4.75. The number of aliphatic hydroxyl groups excluding tert-OH is 1. The van der Waals surface area contributed by atoms with Crippen LogP contribution in [0.25, 0.3) is 0 Å². The van der Waals surface area contributed by atoms with Crippen LogP contribution in [0.4, 0.5) is 0 Å². The maximum atomic E-state index is 10.2. The van der Waals surface area contributed by atoms with Crippen LogP contribution < -0.4 is 0 Å². The molecule has 0 fully saturated rings. The highest BCUT2D eigenvalue weighted by molar-refractivity contribution is 5.66. The average Bonchev–Trinajstić information content (AvgIpc) is 2.04. The maximum absolute atomic E-state index is 10.2. The second-order valence-corrected chi connectivity index (χ2v) is 3.06. The zero-order valence-corrected chi connectivity index (χ0v) is 8.20. The van der Waals surface area contributed by atoms with Crippen LogP contribution in [0, 0.1) is 0 Å². The number of aliphatic hydroxyl groups is 1. The quantitative estimate of drug-likeness (QED) is 0.585. The van der Waals surface area contributed by atoms with E-state index in [1.165, 1.54) is 0 Å². The topological polar surface area (TPSA) is 60.8 Å². The van der Waals surface area contributed by atoms with E-state index in [-0.39, 0.29) is 13.0 Å². The predicted octanol–water partition coefficient (Wildman–Crippen LogP) is 0.556. The van der Waals surface area contributed by atoms with Gasteiger partial charge in [0.1, 0.15) is 0 Å². The van der Waals surface area contributed by atoms with E-state index in [2.05, 4.69) is 11.8 Å². The van der Waals surface area contributed by atoms with Gasteiger partial charge in [-0.15, -0.1) is 0 Å². The largest absolute Gasteiger partial charge is 0.481 e. The summed E-state index contributed by atoms with van der Waals surface area (Å²) in [4.78, 5) is 12.3. The Morgan fingerprint density at radius 3 is 2.46 bits per heavy atom. The Morgan fingerprint density at radius 1 is 1.31 bits per heavy atom. The summed E-state index contributed by atoms with van der Waals surface area (Å²) >= 11 is 0. The van der Waals surface area contributed by atoms with Crippen molar-refractivity contribution in [1.82, 2.24) is 4.90 Å². The van der Waals surface area contributed by atoms with Crippen LogP contribution in [0.2, 0.25) is 0 Å². The smallest absolute Gasteiger partial charge is 0.303 e. The molecule has 0 aromatic carbocycles. The lowest BCUT2D eigenvalue weighted by molar-refractivity contribution is -0.137. The Labute approximate surface area is 79.2 Å². The van der Waals surface area contributed by atoms with Crippen molar-refractivity contribution in [1.29, 1.82) is 0 Å². The van der Waals surface area contributed by atoms with Crippen molar-refractivity contribution in [2.75, 3.05) is 26.2 Å².